The lowest BCUT2D eigenvalue weighted by molar-refractivity contribution is 0.154. The highest BCUT2D eigenvalue weighted by Gasteiger charge is 2.19. The van der Waals surface area contributed by atoms with Crippen molar-refractivity contribution in [2.75, 3.05) is 13.7 Å². The maximum atomic E-state index is 9.00. The van der Waals surface area contributed by atoms with E-state index in [0.717, 1.165) is 28.8 Å². The topological polar surface area (TPSA) is 68.7 Å². The fourth-order valence-corrected chi connectivity index (χ4v) is 3.88. The van der Waals surface area contributed by atoms with Crippen molar-refractivity contribution < 1.29 is 4.74 Å². The molecule has 4 aromatic rings. The molecule has 154 valence electrons. The summed E-state index contributed by atoms with van der Waals surface area (Å²) in [4.78, 5) is 8.61. The molecule has 0 bridgehead atoms. The molecule has 0 amide bonds. The van der Waals surface area contributed by atoms with E-state index in [0.29, 0.717) is 18.8 Å². The van der Waals surface area contributed by atoms with Crippen LogP contribution in [0.5, 0.6) is 0 Å². The first-order valence-electron chi connectivity index (χ1n) is 10.1. The molecule has 30 heavy (non-hydrogen) atoms. The molecule has 1 N–H and O–H groups in total. The summed E-state index contributed by atoms with van der Waals surface area (Å²) in [5, 5.41) is 9.00. The first-order chi connectivity index (χ1) is 14.6. The van der Waals surface area contributed by atoms with Gasteiger partial charge in [0.1, 0.15) is 5.82 Å². The van der Waals surface area contributed by atoms with Crippen LogP contribution in [-0.4, -0.2) is 32.8 Å². The van der Waals surface area contributed by atoms with Crippen LogP contribution in [0.25, 0.3) is 11.0 Å². The minimum Gasteiger partial charge on any atom is -0.383 e. The minimum absolute atomic E-state index is 0.0191. The number of fused-ring (bicyclic) bond motifs is 1. The van der Waals surface area contributed by atoms with Gasteiger partial charge in [0, 0.05) is 25.1 Å². The number of hydrogen-bond acceptors (Lipinski definition) is 4. The van der Waals surface area contributed by atoms with Crippen molar-refractivity contribution in [2.24, 2.45) is 0 Å². The first-order valence-corrected chi connectivity index (χ1v) is 10.1. The van der Waals surface area contributed by atoms with Gasteiger partial charge in [-0.25, -0.2) is 9.97 Å². The molecule has 0 unspecified atom stereocenters. The maximum absolute atomic E-state index is 9.00. The molecule has 0 spiro atoms. The van der Waals surface area contributed by atoms with Crippen molar-refractivity contribution in [3.63, 3.8) is 0 Å². The van der Waals surface area contributed by atoms with Crippen LogP contribution in [0, 0.1) is 19.3 Å². The number of methoxy groups -OCH3 is 1. The van der Waals surface area contributed by atoms with Crippen LogP contribution in [0.4, 0.5) is 0 Å². The monoisotopic (exact) mass is 401 g/mol. The fourth-order valence-electron chi connectivity index (χ4n) is 3.88. The van der Waals surface area contributed by atoms with Gasteiger partial charge in [-0.3, -0.25) is 5.41 Å². The number of para-hydroxylation sites is 2. The number of nitrogens with zero attached hydrogens (tertiary/aromatic N) is 4. The Morgan fingerprint density at radius 1 is 0.933 bits per heavy atom. The summed E-state index contributed by atoms with van der Waals surface area (Å²) in [6.07, 6.45) is 4.46. The summed E-state index contributed by atoms with van der Waals surface area (Å²) in [6, 6.07) is 16.8. The van der Waals surface area contributed by atoms with Gasteiger partial charge in [-0.05, 0) is 38.0 Å². The molecular formula is C24H27N5O. The smallest absolute Gasteiger partial charge is 0.203 e. The molecule has 2 aromatic heterocycles. The van der Waals surface area contributed by atoms with Gasteiger partial charge in [-0.2, -0.15) is 0 Å². The second kappa shape index (κ2) is 8.63. The predicted octanol–water partition coefficient (Wildman–Crippen LogP) is 3.81. The van der Waals surface area contributed by atoms with Gasteiger partial charge in [0.15, 0.2) is 0 Å². The quantitative estimate of drug-likeness (QED) is 0.512. The highest BCUT2D eigenvalue weighted by atomic mass is 16.5. The lowest BCUT2D eigenvalue weighted by Crippen LogP contribution is -2.31. The second-order valence-corrected chi connectivity index (χ2v) is 7.71. The third-order valence-electron chi connectivity index (χ3n) is 5.41. The van der Waals surface area contributed by atoms with Crippen LogP contribution in [0.15, 0.2) is 60.9 Å². The van der Waals surface area contributed by atoms with E-state index >= 15 is 0 Å². The van der Waals surface area contributed by atoms with Gasteiger partial charge in [0.2, 0.25) is 5.62 Å². The van der Waals surface area contributed by atoms with E-state index in [1.54, 1.807) is 7.11 Å². The summed E-state index contributed by atoms with van der Waals surface area (Å²) >= 11 is 0. The summed E-state index contributed by atoms with van der Waals surface area (Å²) in [6.45, 7) is 5.05. The molecule has 6 heteroatoms. The Bertz CT molecular complexity index is 1190. The molecule has 1 atom stereocenters. The van der Waals surface area contributed by atoms with Crippen molar-refractivity contribution >= 4 is 11.0 Å². The van der Waals surface area contributed by atoms with Crippen molar-refractivity contribution in [3.05, 3.63) is 89.1 Å². The van der Waals surface area contributed by atoms with Gasteiger partial charge in [-0.1, -0.05) is 42.0 Å². The van der Waals surface area contributed by atoms with E-state index in [4.69, 9.17) is 10.1 Å². The van der Waals surface area contributed by atoms with E-state index in [2.05, 4.69) is 57.9 Å². The van der Waals surface area contributed by atoms with Crippen LogP contribution < -0.4 is 5.62 Å². The molecule has 6 nitrogen and oxygen atoms in total. The predicted molar refractivity (Wildman–Crippen MR) is 117 cm³/mol. The van der Waals surface area contributed by atoms with E-state index in [-0.39, 0.29) is 6.04 Å². The van der Waals surface area contributed by atoms with Gasteiger partial charge in [0.05, 0.1) is 30.2 Å². The summed E-state index contributed by atoms with van der Waals surface area (Å²) in [7, 11) is 1.72. The highest BCUT2D eigenvalue weighted by Crippen LogP contribution is 2.22. The molecule has 4 rings (SSSR count). The normalized spacial score (nSPS) is 12.4. The minimum atomic E-state index is 0.0191. The lowest BCUT2D eigenvalue weighted by Gasteiger charge is -2.19. The van der Waals surface area contributed by atoms with Gasteiger partial charge < -0.3 is 13.9 Å². The Kier molecular flexibility index (Phi) is 5.77. The average Bonchev–Trinajstić information content (AvgIpc) is 3.02. The van der Waals surface area contributed by atoms with Crippen molar-refractivity contribution in [2.45, 2.75) is 32.9 Å². The summed E-state index contributed by atoms with van der Waals surface area (Å²) in [5.41, 5.74) is 5.96. The van der Waals surface area contributed by atoms with E-state index in [1.807, 2.05) is 36.0 Å². The van der Waals surface area contributed by atoms with Crippen molar-refractivity contribution in [1.29, 1.82) is 5.41 Å². The second-order valence-electron chi connectivity index (χ2n) is 7.71. The number of aromatic nitrogens is 4. The molecular weight excluding hydrogens is 374 g/mol. The highest BCUT2D eigenvalue weighted by molar-refractivity contribution is 5.76. The van der Waals surface area contributed by atoms with Gasteiger partial charge >= 0.3 is 0 Å². The van der Waals surface area contributed by atoms with E-state index in [1.165, 1.54) is 11.1 Å². The number of aryl methyl sites for hydroxylation is 2. The Balaban J connectivity index is 1.78. The average molecular weight is 402 g/mol. The maximum Gasteiger partial charge on any atom is 0.203 e. The number of hydrogen-bond donors (Lipinski definition) is 1. The van der Waals surface area contributed by atoms with Gasteiger partial charge in [0.25, 0.3) is 0 Å². The number of nitrogens with one attached hydrogen (secondary N) is 1. The molecule has 2 aromatic carbocycles. The Labute approximate surface area is 176 Å². The molecule has 2 heterocycles. The first kappa shape index (κ1) is 20.0. The molecule has 0 aliphatic rings. The zero-order chi connectivity index (χ0) is 21.1. The van der Waals surface area contributed by atoms with Crippen LogP contribution in [0.3, 0.4) is 0 Å². The number of benzene rings is 2. The Morgan fingerprint density at radius 2 is 1.60 bits per heavy atom. The molecule has 0 saturated heterocycles. The van der Waals surface area contributed by atoms with E-state index in [9.17, 15) is 0 Å². The summed E-state index contributed by atoms with van der Waals surface area (Å²) in [5.74, 6) is 0.746. The number of ether oxygens (including phenoxy) is 1. The fraction of sp³-hybridized carbons (Fsp3) is 0.292. The third kappa shape index (κ3) is 4.04. The lowest BCUT2D eigenvalue weighted by atomic mass is 10.0. The number of imidazole rings is 1. The SMILES string of the molecule is COC[C@H](Cc1ccc(C)cc1)n1c(=N)n(Cc2cnc(C)nc2)c2ccccc21. The third-order valence-corrected chi connectivity index (χ3v) is 5.41. The Morgan fingerprint density at radius 3 is 2.27 bits per heavy atom. The molecule has 0 fully saturated rings. The zero-order valence-corrected chi connectivity index (χ0v) is 17.7. The standard InChI is InChI=1S/C24H27N5O/c1-17-8-10-19(11-9-17)12-21(16-30-3)29-23-7-5-4-6-22(23)28(24(29)25)15-20-13-26-18(2)27-14-20/h4-11,13-14,21,25H,12,15-16H2,1-3H3/t21-/m0/s1. The van der Waals surface area contributed by atoms with Crippen molar-refractivity contribution in [3.8, 4) is 0 Å². The van der Waals surface area contributed by atoms with Crippen LogP contribution in [0.1, 0.15) is 28.6 Å². The summed E-state index contributed by atoms with van der Waals surface area (Å²) < 4.78 is 9.67. The molecule has 0 aliphatic heterocycles. The zero-order valence-electron chi connectivity index (χ0n) is 17.7. The molecule has 0 aliphatic carbocycles. The molecule has 0 saturated carbocycles. The Hall–Kier alpha value is -3.25. The number of rotatable bonds is 7. The largest absolute Gasteiger partial charge is 0.383 e. The van der Waals surface area contributed by atoms with E-state index < -0.39 is 0 Å². The van der Waals surface area contributed by atoms with Crippen molar-refractivity contribution in [1.82, 2.24) is 19.1 Å². The van der Waals surface area contributed by atoms with Crippen LogP contribution >= 0.6 is 0 Å². The van der Waals surface area contributed by atoms with Crippen LogP contribution in [0.2, 0.25) is 0 Å². The molecule has 0 radical (unpaired) electrons. The van der Waals surface area contributed by atoms with Gasteiger partial charge in [-0.15, -0.1) is 0 Å². The van der Waals surface area contributed by atoms with Crippen LogP contribution in [-0.2, 0) is 17.7 Å².